The molecule has 1 fully saturated rings. The van der Waals surface area contributed by atoms with Crippen molar-refractivity contribution in [3.05, 3.63) is 23.0 Å². The first-order valence-electron chi connectivity index (χ1n) is 6.71. The zero-order chi connectivity index (χ0) is 13.3. The van der Waals surface area contributed by atoms with E-state index in [9.17, 15) is 5.11 Å². The lowest BCUT2D eigenvalue weighted by molar-refractivity contribution is 0.127. The van der Waals surface area contributed by atoms with Crippen molar-refractivity contribution in [3.63, 3.8) is 0 Å². The summed E-state index contributed by atoms with van der Waals surface area (Å²) in [5.74, 6) is 1.86. The Bertz CT molecular complexity index is 431. The monoisotopic (exact) mass is 249 g/mol. The summed E-state index contributed by atoms with van der Waals surface area (Å²) in [5.41, 5.74) is 3.34. The van der Waals surface area contributed by atoms with E-state index in [2.05, 4.69) is 18.8 Å². The molecule has 1 saturated carbocycles. The molecule has 1 aliphatic rings. The van der Waals surface area contributed by atoms with Crippen molar-refractivity contribution in [1.29, 1.82) is 0 Å². The van der Waals surface area contributed by atoms with Crippen LogP contribution in [0, 0.1) is 25.7 Å². The molecule has 3 unspecified atom stereocenters. The van der Waals surface area contributed by atoms with E-state index in [1.165, 1.54) is 0 Å². The summed E-state index contributed by atoms with van der Waals surface area (Å²) >= 11 is 0. The topological polar surface area (TPSA) is 42.4 Å². The molecule has 0 spiro atoms. The highest BCUT2D eigenvalue weighted by atomic mass is 16.5. The fourth-order valence-corrected chi connectivity index (χ4v) is 3.04. The van der Waals surface area contributed by atoms with Crippen LogP contribution in [0.1, 0.15) is 36.6 Å². The smallest absolute Gasteiger partial charge is 0.128 e. The van der Waals surface area contributed by atoms with E-state index in [0.29, 0.717) is 11.8 Å². The maximum atomic E-state index is 9.82. The van der Waals surface area contributed by atoms with Gasteiger partial charge in [0.15, 0.2) is 0 Å². The minimum atomic E-state index is -0.136. The molecule has 1 aromatic rings. The highest BCUT2D eigenvalue weighted by Gasteiger charge is 2.32. The minimum absolute atomic E-state index is 0.136. The van der Waals surface area contributed by atoms with E-state index in [4.69, 9.17) is 4.74 Å². The summed E-state index contributed by atoms with van der Waals surface area (Å²) in [5, 5.41) is 9.82. The highest BCUT2D eigenvalue weighted by molar-refractivity contribution is 5.41. The normalized spacial score (nSPS) is 27.5. The number of methoxy groups -OCH3 is 1. The van der Waals surface area contributed by atoms with Crippen molar-refractivity contribution in [3.8, 4) is 5.75 Å². The second kappa shape index (κ2) is 5.27. The number of hydrogen-bond acceptors (Lipinski definition) is 3. The summed E-state index contributed by atoms with van der Waals surface area (Å²) in [6.45, 7) is 6.23. The molecular formula is C15H23NO2. The molecule has 3 nitrogen and oxygen atoms in total. The summed E-state index contributed by atoms with van der Waals surface area (Å²) in [4.78, 5) is 4.55. The van der Waals surface area contributed by atoms with Gasteiger partial charge in [0, 0.05) is 23.0 Å². The maximum absolute atomic E-state index is 9.82. The van der Waals surface area contributed by atoms with Crippen molar-refractivity contribution >= 4 is 0 Å². The number of aromatic nitrogens is 1. The van der Waals surface area contributed by atoms with Crippen LogP contribution in [0.2, 0.25) is 0 Å². The molecule has 0 saturated heterocycles. The van der Waals surface area contributed by atoms with E-state index in [1.807, 2.05) is 13.1 Å². The van der Waals surface area contributed by atoms with Crippen molar-refractivity contribution < 1.29 is 9.84 Å². The van der Waals surface area contributed by atoms with Gasteiger partial charge in [-0.15, -0.1) is 0 Å². The molecule has 100 valence electrons. The first-order valence-corrected chi connectivity index (χ1v) is 6.71. The van der Waals surface area contributed by atoms with Gasteiger partial charge in [0.25, 0.3) is 0 Å². The van der Waals surface area contributed by atoms with Gasteiger partial charge in [-0.05, 0) is 44.9 Å². The number of hydrogen-bond donors (Lipinski definition) is 1. The number of ether oxygens (including phenoxy) is 1. The van der Waals surface area contributed by atoms with E-state index < -0.39 is 0 Å². The molecule has 18 heavy (non-hydrogen) atoms. The fraction of sp³-hybridized carbons (Fsp3) is 0.667. The Kier molecular flexibility index (Phi) is 3.91. The lowest BCUT2D eigenvalue weighted by atomic mass is 9.90. The lowest BCUT2D eigenvalue weighted by Gasteiger charge is -2.19. The molecule has 1 N–H and O–H groups in total. The highest BCUT2D eigenvalue weighted by Crippen LogP contribution is 2.35. The van der Waals surface area contributed by atoms with Gasteiger partial charge >= 0.3 is 0 Å². The van der Waals surface area contributed by atoms with Crippen LogP contribution in [0.5, 0.6) is 5.75 Å². The first kappa shape index (κ1) is 13.3. The van der Waals surface area contributed by atoms with Crippen LogP contribution < -0.4 is 4.74 Å². The summed E-state index contributed by atoms with van der Waals surface area (Å²) in [7, 11) is 1.71. The van der Waals surface area contributed by atoms with E-state index in [-0.39, 0.29) is 6.10 Å². The second-order valence-corrected chi connectivity index (χ2v) is 5.51. The average molecular weight is 249 g/mol. The molecular weight excluding hydrogens is 226 g/mol. The van der Waals surface area contributed by atoms with Crippen LogP contribution in [0.3, 0.4) is 0 Å². The van der Waals surface area contributed by atoms with Crippen molar-refractivity contribution in [1.82, 2.24) is 4.98 Å². The van der Waals surface area contributed by atoms with Crippen LogP contribution in [-0.4, -0.2) is 23.3 Å². The predicted octanol–water partition coefficient (Wildman–Crippen LogP) is 2.66. The molecule has 0 bridgehead atoms. The van der Waals surface area contributed by atoms with Crippen LogP contribution in [0.4, 0.5) is 0 Å². The lowest BCUT2D eigenvalue weighted by Crippen LogP contribution is -2.18. The van der Waals surface area contributed by atoms with Gasteiger partial charge in [-0.25, -0.2) is 0 Å². The Morgan fingerprint density at radius 3 is 2.67 bits per heavy atom. The van der Waals surface area contributed by atoms with E-state index >= 15 is 0 Å². The van der Waals surface area contributed by atoms with Crippen LogP contribution >= 0.6 is 0 Å². The van der Waals surface area contributed by atoms with Gasteiger partial charge in [0.2, 0.25) is 0 Å². The molecule has 3 heteroatoms. The molecule has 0 aromatic carbocycles. The van der Waals surface area contributed by atoms with Gasteiger partial charge < -0.3 is 9.84 Å². The largest absolute Gasteiger partial charge is 0.496 e. The van der Waals surface area contributed by atoms with Crippen LogP contribution in [0.15, 0.2) is 6.20 Å². The molecule has 1 aliphatic carbocycles. The number of rotatable bonds is 3. The molecule has 1 aromatic heterocycles. The van der Waals surface area contributed by atoms with Crippen molar-refractivity contribution in [2.24, 2.45) is 11.8 Å². The third-order valence-corrected chi connectivity index (χ3v) is 4.39. The zero-order valence-electron chi connectivity index (χ0n) is 11.7. The Morgan fingerprint density at radius 2 is 2.11 bits per heavy atom. The number of aryl methyl sites for hydroxylation is 1. The zero-order valence-corrected chi connectivity index (χ0v) is 11.7. The van der Waals surface area contributed by atoms with Gasteiger partial charge in [-0.1, -0.05) is 6.92 Å². The Hall–Kier alpha value is -1.09. The molecule has 0 radical (unpaired) electrons. The molecule has 2 rings (SSSR count). The summed E-state index contributed by atoms with van der Waals surface area (Å²) < 4.78 is 5.44. The number of aliphatic hydroxyl groups excluding tert-OH is 1. The number of pyridine rings is 1. The van der Waals surface area contributed by atoms with Gasteiger partial charge in [-0.3, -0.25) is 4.98 Å². The molecule has 1 heterocycles. The molecule has 0 aliphatic heterocycles. The minimum Gasteiger partial charge on any atom is -0.496 e. The van der Waals surface area contributed by atoms with Gasteiger partial charge in [0.05, 0.1) is 13.2 Å². The maximum Gasteiger partial charge on any atom is 0.128 e. The number of nitrogens with zero attached hydrogens (tertiary/aromatic N) is 1. The Labute approximate surface area is 109 Å². The summed E-state index contributed by atoms with van der Waals surface area (Å²) in [6.07, 6.45) is 4.72. The summed E-state index contributed by atoms with van der Waals surface area (Å²) in [6, 6.07) is 0. The Balaban J connectivity index is 2.20. The van der Waals surface area contributed by atoms with Crippen LogP contribution in [-0.2, 0) is 6.42 Å². The second-order valence-electron chi connectivity index (χ2n) is 5.51. The molecule has 0 amide bonds. The number of aliphatic hydroxyl groups is 1. The third-order valence-electron chi connectivity index (χ3n) is 4.39. The van der Waals surface area contributed by atoms with E-state index in [0.717, 1.165) is 41.8 Å². The SMILES string of the molecule is COc1c(C)cnc(CC2CCC(O)C2C)c1C. The van der Waals surface area contributed by atoms with Crippen molar-refractivity contribution in [2.45, 2.75) is 46.1 Å². The quantitative estimate of drug-likeness (QED) is 0.895. The van der Waals surface area contributed by atoms with Crippen LogP contribution in [0.25, 0.3) is 0 Å². The standard InChI is InChI=1S/C15H23NO2/c1-9-8-16-13(11(3)15(9)18-4)7-12-5-6-14(17)10(12)2/h8,10,12,14,17H,5-7H2,1-4H3. The first-order chi connectivity index (χ1) is 8.54. The van der Waals surface area contributed by atoms with Crippen molar-refractivity contribution in [2.75, 3.05) is 7.11 Å². The predicted molar refractivity (Wildman–Crippen MR) is 71.9 cm³/mol. The van der Waals surface area contributed by atoms with Gasteiger partial charge in [-0.2, -0.15) is 0 Å². The average Bonchev–Trinajstić information content (AvgIpc) is 2.65. The van der Waals surface area contributed by atoms with Gasteiger partial charge in [0.1, 0.15) is 5.75 Å². The van der Waals surface area contributed by atoms with E-state index in [1.54, 1.807) is 7.11 Å². The molecule has 3 atom stereocenters. The fourth-order valence-electron chi connectivity index (χ4n) is 3.04. The Morgan fingerprint density at radius 1 is 1.39 bits per heavy atom. The third kappa shape index (κ3) is 2.37.